The molecule has 0 bridgehead atoms. The van der Waals surface area contributed by atoms with E-state index >= 15 is 0 Å². The van der Waals surface area contributed by atoms with Crippen LogP contribution in [0.15, 0.2) is 18.2 Å². The van der Waals surface area contributed by atoms with Gasteiger partial charge in [-0.15, -0.1) is 0 Å². The second-order valence-corrected chi connectivity index (χ2v) is 4.05. The molecule has 0 saturated carbocycles. The predicted molar refractivity (Wildman–Crippen MR) is 64.4 cm³/mol. The second-order valence-electron chi connectivity index (χ2n) is 3.62. The summed E-state index contributed by atoms with van der Waals surface area (Å²) in [4.78, 5) is 12.9. The Morgan fingerprint density at radius 1 is 1.53 bits per heavy atom. The molecule has 1 aromatic rings. The summed E-state index contributed by atoms with van der Waals surface area (Å²) >= 11 is 5.80. The molecule has 0 aliphatic rings. The molecule has 0 N–H and O–H groups in total. The van der Waals surface area contributed by atoms with Gasteiger partial charge in [-0.25, -0.2) is 4.39 Å². The summed E-state index contributed by atoms with van der Waals surface area (Å²) in [5, 5.41) is 0.482. The van der Waals surface area contributed by atoms with Crippen molar-refractivity contribution >= 4 is 17.6 Å². The number of benzene rings is 1. The van der Waals surface area contributed by atoms with E-state index in [1.54, 1.807) is 11.0 Å². The molecule has 0 heterocycles. The predicted octanol–water partition coefficient (Wildman–Crippen LogP) is 2.47. The van der Waals surface area contributed by atoms with Crippen LogP contribution in [0.4, 0.5) is 4.39 Å². The topological polar surface area (TPSA) is 29.5 Å². The van der Waals surface area contributed by atoms with Crippen LogP contribution in [0.1, 0.15) is 12.5 Å². The molecular formula is C12H15ClFNO2. The lowest BCUT2D eigenvalue weighted by atomic mass is 10.2. The third-order valence-corrected chi connectivity index (χ3v) is 2.66. The molecule has 1 aromatic carbocycles. The molecule has 0 radical (unpaired) electrons. The summed E-state index contributed by atoms with van der Waals surface area (Å²) < 4.78 is 18.1. The summed E-state index contributed by atoms with van der Waals surface area (Å²) in [5.74, 6) is -0.660. The standard InChI is InChI=1S/C12H15ClFNO2/c1-3-15(8-12(16)17-2)7-9-6-10(13)4-5-11(9)14/h4-6H,3,7-8H2,1-2H3. The number of likely N-dealkylation sites (N-methyl/N-ethyl adjacent to an activating group) is 1. The van der Waals surface area contributed by atoms with Gasteiger partial charge in [0.05, 0.1) is 13.7 Å². The van der Waals surface area contributed by atoms with Crippen molar-refractivity contribution in [1.29, 1.82) is 0 Å². The van der Waals surface area contributed by atoms with Gasteiger partial charge in [0.1, 0.15) is 5.82 Å². The van der Waals surface area contributed by atoms with Crippen LogP contribution in [0.5, 0.6) is 0 Å². The number of carbonyl (C=O) groups excluding carboxylic acids is 1. The molecule has 17 heavy (non-hydrogen) atoms. The monoisotopic (exact) mass is 259 g/mol. The van der Waals surface area contributed by atoms with Crippen molar-refractivity contribution in [2.45, 2.75) is 13.5 Å². The van der Waals surface area contributed by atoms with Gasteiger partial charge in [0, 0.05) is 17.1 Å². The van der Waals surface area contributed by atoms with Crippen molar-refractivity contribution in [3.05, 3.63) is 34.6 Å². The Bertz CT molecular complexity index is 398. The van der Waals surface area contributed by atoms with E-state index in [1.807, 2.05) is 6.92 Å². The van der Waals surface area contributed by atoms with Crippen LogP contribution < -0.4 is 0 Å². The number of rotatable bonds is 5. The number of hydrogen-bond donors (Lipinski definition) is 0. The van der Waals surface area contributed by atoms with E-state index < -0.39 is 0 Å². The quantitative estimate of drug-likeness (QED) is 0.761. The van der Waals surface area contributed by atoms with E-state index in [1.165, 1.54) is 19.2 Å². The van der Waals surface area contributed by atoms with Crippen molar-refractivity contribution in [2.75, 3.05) is 20.2 Å². The number of esters is 1. The highest BCUT2D eigenvalue weighted by Crippen LogP contribution is 2.16. The highest BCUT2D eigenvalue weighted by molar-refractivity contribution is 6.30. The van der Waals surface area contributed by atoms with Gasteiger partial charge in [0.2, 0.25) is 0 Å². The van der Waals surface area contributed by atoms with Crippen LogP contribution in [0.3, 0.4) is 0 Å². The summed E-state index contributed by atoms with van der Waals surface area (Å²) in [6.07, 6.45) is 0. The highest BCUT2D eigenvalue weighted by Gasteiger charge is 2.12. The average Bonchev–Trinajstić information content (AvgIpc) is 2.32. The molecule has 0 aliphatic heterocycles. The average molecular weight is 260 g/mol. The van der Waals surface area contributed by atoms with Crippen LogP contribution in [-0.2, 0) is 16.1 Å². The Kier molecular flexibility index (Phi) is 5.38. The maximum absolute atomic E-state index is 13.5. The van der Waals surface area contributed by atoms with Crippen molar-refractivity contribution < 1.29 is 13.9 Å². The van der Waals surface area contributed by atoms with Gasteiger partial charge < -0.3 is 4.74 Å². The number of ether oxygens (including phenoxy) is 1. The number of methoxy groups -OCH3 is 1. The Labute approximate surface area is 105 Å². The van der Waals surface area contributed by atoms with Crippen LogP contribution in [0, 0.1) is 5.82 Å². The number of carbonyl (C=O) groups is 1. The number of nitrogens with zero attached hydrogens (tertiary/aromatic N) is 1. The smallest absolute Gasteiger partial charge is 0.319 e. The van der Waals surface area contributed by atoms with Crippen LogP contribution in [0.25, 0.3) is 0 Å². The molecule has 0 unspecified atom stereocenters. The van der Waals surface area contributed by atoms with Gasteiger partial charge in [-0.2, -0.15) is 0 Å². The third kappa shape index (κ3) is 4.32. The molecular weight excluding hydrogens is 245 g/mol. The van der Waals surface area contributed by atoms with Gasteiger partial charge in [-0.3, -0.25) is 9.69 Å². The Morgan fingerprint density at radius 2 is 2.24 bits per heavy atom. The summed E-state index contributed by atoms with van der Waals surface area (Å²) in [7, 11) is 1.33. The first-order chi connectivity index (χ1) is 8.06. The van der Waals surface area contributed by atoms with E-state index in [4.69, 9.17) is 11.6 Å². The molecule has 0 amide bonds. The molecule has 0 aromatic heterocycles. The Hall–Kier alpha value is -1.13. The van der Waals surface area contributed by atoms with Gasteiger partial charge >= 0.3 is 5.97 Å². The van der Waals surface area contributed by atoms with Crippen molar-refractivity contribution in [2.24, 2.45) is 0 Å². The maximum atomic E-state index is 13.5. The molecule has 94 valence electrons. The molecule has 0 atom stereocenters. The third-order valence-electron chi connectivity index (χ3n) is 2.43. The van der Waals surface area contributed by atoms with Gasteiger partial charge in [-0.05, 0) is 24.7 Å². The normalized spacial score (nSPS) is 10.6. The van der Waals surface area contributed by atoms with Crippen LogP contribution >= 0.6 is 11.6 Å². The van der Waals surface area contributed by atoms with E-state index in [0.717, 1.165) is 0 Å². The zero-order valence-electron chi connectivity index (χ0n) is 9.87. The minimum atomic E-state index is -0.339. The fourth-order valence-electron chi connectivity index (χ4n) is 1.43. The molecule has 3 nitrogen and oxygen atoms in total. The minimum absolute atomic E-state index is 0.138. The molecule has 0 spiro atoms. The van der Waals surface area contributed by atoms with E-state index in [-0.39, 0.29) is 18.3 Å². The first kappa shape index (κ1) is 13.9. The Balaban J connectivity index is 2.73. The summed E-state index contributed by atoms with van der Waals surface area (Å²) in [5.41, 5.74) is 0.475. The van der Waals surface area contributed by atoms with E-state index in [0.29, 0.717) is 23.7 Å². The lowest BCUT2D eigenvalue weighted by Crippen LogP contribution is -2.30. The first-order valence-electron chi connectivity index (χ1n) is 5.30. The summed E-state index contributed by atoms with van der Waals surface area (Å²) in [6.45, 7) is 2.99. The van der Waals surface area contributed by atoms with Crippen LogP contribution in [0.2, 0.25) is 5.02 Å². The summed E-state index contributed by atoms with van der Waals surface area (Å²) in [6, 6.07) is 4.39. The SMILES string of the molecule is CCN(CC(=O)OC)Cc1cc(Cl)ccc1F. The Morgan fingerprint density at radius 3 is 2.82 bits per heavy atom. The second kappa shape index (κ2) is 6.57. The highest BCUT2D eigenvalue weighted by atomic mass is 35.5. The molecule has 1 rings (SSSR count). The van der Waals surface area contributed by atoms with Crippen LogP contribution in [-0.4, -0.2) is 31.1 Å². The van der Waals surface area contributed by atoms with E-state index in [2.05, 4.69) is 4.74 Å². The van der Waals surface area contributed by atoms with E-state index in [9.17, 15) is 9.18 Å². The molecule has 0 aliphatic carbocycles. The van der Waals surface area contributed by atoms with Crippen molar-refractivity contribution in [3.8, 4) is 0 Å². The zero-order valence-corrected chi connectivity index (χ0v) is 10.6. The zero-order chi connectivity index (χ0) is 12.8. The lowest BCUT2D eigenvalue weighted by molar-refractivity contribution is -0.142. The van der Waals surface area contributed by atoms with Crippen molar-refractivity contribution in [1.82, 2.24) is 4.90 Å². The number of hydrogen-bond acceptors (Lipinski definition) is 3. The fourth-order valence-corrected chi connectivity index (χ4v) is 1.63. The fraction of sp³-hybridized carbons (Fsp3) is 0.417. The molecule has 5 heteroatoms. The van der Waals surface area contributed by atoms with Crippen molar-refractivity contribution in [3.63, 3.8) is 0 Å². The molecule has 0 saturated heterocycles. The minimum Gasteiger partial charge on any atom is -0.468 e. The molecule has 0 fully saturated rings. The number of halogens is 2. The maximum Gasteiger partial charge on any atom is 0.319 e. The van der Waals surface area contributed by atoms with Gasteiger partial charge in [0.25, 0.3) is 0 Å². The first-order valence-corrected chi connectivity index (χ1v) is 5.67. The largest absolute Gasteiger partial charge is 0.468 e. The van der Waals surface area contributed by atoms with Gasteiger partial charge in [0.15, 0.2) is 0 Å². The lowest BCUT2D eigenvalue weighted by Gasteiger charge is -2.19. The van der Waals surface area contributed by atoms with Gasteiger partial charge in [-0.1, -0.05) is 18.5 Å².